The first-order chi connectivity index (χ1) is 16.3. The predicted molar refractivity (Wildman–Crippen MR) is 117 cm³/mol. The van der Waals surface area contributed by atoms with Gasteiger partial charge in [-0.2, -0.15) is 4.98 Å². The Morgan fingerprint density at radius 3 is 2.63 bits per heavy atom. The lowest BCUT2D eigenvalue weighted by Crippen LogP contribution is -2.34. The number of esters is 1. The van der Waals surface area contributed by atoms with Crippen molar-refractivity contribution < 1.29 is 15.0 Å². The fourth-order valence-corrected chi connectivity index (χ4v) is 3.76. The number of benzene rings is 2. The van der Waals surface area contributed by atoms with E-state index in [1.807, 2.05) is 40.9 Å². The molecule has 1 aliphatic heterocycles. The van der Waals surface area contributed by atoms with E-state index in [-0.39, 0.29) is 5.56 Å². The van der Waals surface area contributed by atoms with Crippen LogP contribution in [0.25, 0.3) is 16.8 Å². The minimum atomic E-state index is -2.76. The molecule has 6 heteroatoms. The number of hydrogen-bond donors (Lipinski definition) is 0. The van der Waals surface area contributed by atoms with Crippen LogP contribution >= 0.6 is 0 Å². The molecule has 6 nitrogen and oxygen atoms in total. The van der Waals surface area contributed by atoms with Crippen LogP contribution in [-0.2, 0) is 4.74 Å². The third-order valence-electron chi connectivity index (χ3n) is 5.40. The van der Waals surface area contributed by atoms with Crippen molar-refractivity contribution in [3.05, 3.63) is 72.4 Å². The lowest BCUT2D eigenvalue weighted by Gasteiger charge is -2.32. The van der Waals surface area contributed by atoms with E-state index in [9.17, 15) is 4.79 Å². The molecule has 0 unspecified atom stereocenters. The van der Waals surface area contributed by atoms with Gasteiger partial charge in [-0.05, 0) is 55.5 Å². The van der Waals surface area contributed by atoms with E-state index in [0.717, 1.165) is 16.9 Å². The van der Waals surface area contributed by atoms with Gasteiger partial charge in [0.2, 0.25) is 5.78 Å². The minimum Gasteiger partial charge on any atom is -0.462 e. The lowest BCUT2D eigenvalue weighted by atomic mass is 9.94. The van der Waals surface area contributed by atoms with Gasteiger partial charge < -0.3 is 9.64 Å². The largest absolute Gasteiger partial charge is 0.462 e. The first-order valence-corrected chi connectivity index (χ1v) is 10.0. The summed E-state index contributed by atoms with van der Waals surface area (Å²) in [5.74, 6) is -0.141. The monoisotopic (exact) mass is 404 g/mol. The van der Waals surface area contributed by atoms with E-state index in [1.54, 1.807) is 18.2 Å². The van der Waals surface area contributed by atoms with E-state index in [1.165, 1.54) is 12.1 Å². The summed E-state index contributed by atoms with van der Waals surface area (Å²) in [6, 6.07) is 17.8. The fraction of sp³-hybridized carbons (Fsp3) is 0.292. The van der Waals surface area contributed by atoms with Crippen molar-refractivity contribution in [2.75, 3.05) is 24.5 Å². The molecule has 1 fully saturated rings. The van der Waals surface area contributed by atoms with Gasteiger partial charge in [-0.15, -0.1) is 0 Å². The van der Waals surface area contributed by atoms with Gasteiger partial charge in [-0.25, -0.2) is 9.78 Å². The number of hydrogen-bond acceptors (Lipinski definition) is 5. The van der Waals surface area contributed by atoms with E-state index in [4.69, 9.17) is 10.2 Å². The summed E-state index contributed by atoms with van der Waals surface area (Å²) in [4.78, 5) is 23.7. The van der Waals surface area contributed by atoms with E-state index in [0.29, 0.717) is 31.7 Å². The highest BCUT2D eigenvalue weighted by Crippen LogP contribution is 2.25. The highest BCUT2D eigenvalue weighted by Gasteiger charge is 2.21. The SMILES string of the molecule is [2H]C([2H])(OC(=O)c1ccccc1)C([2H])([2H])C1CCN(c2ccn3c(n2)nc2ccccc23)CC1. The summed E-state index contributed by atoms with van der Waals surface area (Å²) >= 11 is 0. The number of rotatable bonds is 5. The zero-order valence-electron chi connectivity index (χ0n) is 20.4. The summed E-state index contributed by atoms with van der Waals surface area (Å²) < 4.78 is 40.3. The maximum atomic E-state index is 12.3. The summed E-state index contributed by atoms with van der Waals surface area (Å²) in [6.07, 6.45) is 0.388. The van der Waals surface area contributed by atoms with Gasteiger partial charge in [0.25, 0.3) is 0 Å². The van der Waals surface area contributed by atoms with Gasteiger partial charge >= 0.3 is 5.97 Å². The molecule has 30 heavy (non-hydrogen) atoms. The maximum Gasteiger partial charge on any atom is 0.338 e. The number of para-hydroxylation sites is 2. The summed E-state index contributed by atoms with van der Waals surface area (Å²) in [7, 11) is 0. The predicted octanol–water partition coefficient (Wildman–Crippen LogP) is 4.35. The van der Waals surface area contributed by atoms with Crippen LogP contribution in [0.2, 0.25) is 0 Å². The number of aromatic nitrogens is 3. The highest BCUT2D eigenvalue weighted by atomic mass is 16.5. The molecule has 152 valence electrons. The van der Waals surface area contributed by atoms with Gasteiger partial charge in [0, 0.05) is 22.0 Å². The van der Waals surface area contributed by atoms with Crippen LogP contribution in [0.1, 0.15) is 35.1 Å². The zero-order chi connectivity index (χ0) is 23.9. The Morgan fingerprint density at radius 1 is 1.03 bits per heavy atom. The normalized spacial score (nSPS) is 17.9. The van der Waals surface area contributed by atoms with E-state index < -0.39 is 24.8 Å². The van der Waals surface area contributed by atoms with Crippen LogP contribution in [-0.4, -0.2) is 40.0 Å². The third kappa shape index (κ3) is 3.73. The molecule has 3 heterocycles. The molecule has 0 saturated carbocycles. The highest BCUT2D eigenvalue weighted by molar-refractivity contribution is 5.89. The standard InChI is InChI=1S/C24H24N4O2/c29-23(19-6-2-1-3-7-19)30-17-13-18-10-14-27(15-11-18)22-12-16-28-21-9-5-4-8-20(21)25-24(28)26-22/h1-9,12,16,18H,10-11,13-15,17H2/i13D2,17D2. The molecule has 0 atom stereocenters. The number of nitrogens with zero attached hydrogens (tertiary/aromatic N) is 4. The van der Waals surface area contributed by atoms with Crippen molar-refractivity contribution in [1.29, 1.82) is 0 Å². The maximum absolute atomic E-state index is 12.3. The Hall–Kier alpha value is -3.41. The van der Waals surface area contributed by atoms with E-state index >= 15 is 0 Å². The fourth-order valence-electron chi connectivity index (χ4n) is 3.76. The molecule has 4 aromatic rings. The number of carbonyl (C=O) groups is 1. The molecule has 0 aliphatic carbocycles. The number of fused-ring (bicyclic) bond motifs is 3. The molecule has 0 bridgehead atoms. The Labute approximate surface area is 180 Å². The van der Waals surface area contributed by atoms with Gasteiger partial charge in [0.1, 0.15) is 5.82 Å². The molecule has 0 amide bonds. The van der Waals surface area contributed by atoms with E-state index in [2.05, 4.69) is 14.9 Å². The summed E-state index contributed by atoms with van der Waals surface area (Å²) in [5, 5.41) is 0. The molecular weight excluding hydrogens is 376 g/mol. The van der Waals surface area contributed by atoms with Gasteiger partial charge in [-0.1, -0.05) is 30.3 Å². The number of carbonyl (C=O) groups excluding carboxylic acids is 1. The molecule has 1 saturated heterocycles. The zero-order valence-corrected chi connectivity index (χ0v) is 16.4. The Kier molecular flexibility index (Phi) is 3.95. The van der Waals surface area contributed by atoms with Crippen molar-refractivity contribution in [1.82, 2.24) is 14.4 Å². The first-order valence-electron chi connectivity index (χ1n) is 12.0. The van der Waals surface area contributed by atoms with Crippen LogP contribution in [0.4, 0.5) is 5.82 Å². The second-order valence-electron chi connectivity index (χ2n) is 7.32. The Balaban J connectivity index is 1.28. The van der Waals surface area contributed by atoms with Crippen molar-refractivity contribution >= 4 is 28.6 Å². The quantitative estimate of drug-likeness (QED) is 0.463. The van der Waals surface area contributed by atoms with Crippen LogP contribution in [0, 0.1) is 5.92 Å². The number of imidazole rings is 1. The lowest BCUT2D eigenvalue weighted by molar-refractivity contribution is 0.0477. The molecule has 0 radical (unpaired) electrons. The Bertz CT molecular complexity index is 1330. The molecular formula is C24H24N4O2. The van der Waals surface area contributed by atoms with Gasteiger partial charge in [0.05, 0.1) is 25.9 Å². The molecule has 0 spiro atoms. The molecule has 2 aromatic carbocycles. The van der Waals surface area contributed by atoms with Crippen molar-refractivity contribution in [3.8, 4) is 0 Å². The van der Waals surface area contributed by atoms with Crippen LogP contribution in [0.5, 0.6) is 0 Å². The number of ether oxygens (including phenoxy) is 1. The average molecular weight is 405 g/mol. The molecule has 0 N–H and O–H groups in total. The molecule has 1 aliphatic rings. The van der Waals surface area contributed by atoms with Crippen molar-refractivity contribution in [3.63, 3.8) is 0 Å². The second kappa shape index (κ2) is 8.14. The van der Waals surface area contributed by atoms with Crippen molar-refractivity contribution in [2.45, 2.75) is 19.2 Å². The van der Waals surface area contributed by atoms with Crippen LogP contribution in [0.3, 0.4) is 0 Å². The molecule has 2 aromatic heterocycles. The smallest absolute Gasteiger partial charge is 0.338 e. The number of anilines is 1. The van der Waals surface area contributed by atoms with Crippen LogP contribution < -0.4 is 4.90 Å². The van der Waals surface area contributed by atoms with Gasteiger partial charge in [0.15, 0.2) is 0 Å². The topological polar surface area (TPSA) is 59.7 Å². The summed E-state index contributed by atoms with van der Waals surface area (Å²) in [5.41, 5.74) is 2.03. The van der Waals surface area contributed by atoms with Crippen molar-refractivity contribution in [2.24, 2.45) is 5.92 Å². The second-order valence-corrected chi connectivity index (χ2v) is 7.32. The summed E-state index contributed by atoms with van der Waals surface area (Å²) in [6.45, 7) is -1.74. The average Bonchev–Trinajstić information content (AvgIpc) is 3.22. The molecule has 5 rings (SSSR count). The minimum absolute atomic E-state index is 0.185. The Morgan fingerprint density at radius 2 is 1.80 bits per heavy atom. The van der Waals surface area contributed by atoms with Gasteiger partial charge in [-0.3, -0.25) is 4.40 Å². The third-order valence-corrected chi connectivity index (χ3v) is 5.40. The number of piperidine rings is 1. The first kappa shape index (κ1) is 14.6. The van der Waals surface area contributed by atoms with Crippen LogP contribution in [0.15, 0.2) is 66.9 Å².